The van der Waals surface area contributed by atoms with Crippen molar-refractivity contribution >= 4 is 11.8 Å². The molecule has 3 rings (SSSR count). The van der Waals surface area contributed by atoms with E-state index in [9.17, 15) is 5.11 Å². The zero-order valence-electron chi connectivity index (χ0n) is 10.6. The van der Waals surface area contributed by atoms with Crippen molar-refractivity contribution in [3.05, 3.63) is 65.2 Å². The maximum Gasteiger partial charge on any atom is 0.105 e. The van der Waals surface area contributed by atoms with Gasteiger partial charge < -0.3 is 5.11 Å². The van der Waals surface area contributed by atoms with Crippen molar-refractivity contribution < 1.29 is 7.85 Å². The monoisotopic (exact) mass is 230 g/mol. The van der Waals surface area contributed by atoms with Crippen LogP contribution in [0.25, 0.3) is 0 Å². The standard InChI is InChI=1S/C14H12OS/c15-14-11-6-2-1-5-10(11)9-16-13-8-4-3-7-12(13)14/h1-8,14-15H,9H2/i9D2. The van der Waals surface area contributed by atoms with Gasteiger partial charge in [0.1, 0.15) is 6.10 Å². The normalized spacial score (nSPS) is 23.4. The third-order valence-corrected chi connectivity index (χ3v) is 3.65. The van der Waals surface area contributed by atoms with Crippen LogP contribution in [0.1, 0.15) is 25.5 Å². The van der Waals surface area contributed by atoms with Gasteiger partial charge in [0.15, 0.2) is 0 Å². The van der Waals surface area contributed by atoms with Gasteiger partial charge >= 0.3 is 0 Å². The Kier molecular flexibility index (Phi) is 1.96. The number of aliphatic hydroxyl groups excluding tert-OH is 1. The molecule has 0 spiro atoms. The van der Waals surface area contributed by atoms with Gasteiger partial charge in [-0.2, -0.15) is 0 Å². The molecule has 80 valence electrons. The molecule has 0 aliphatic carbocycles. The van der Waals surface area contributed by atoms with E-state index in [2.05, 4.69) is 0 Å². The van der Waals surface area contributed by atoms with E-state index in [0.717, 1.165) is 22.2 Å². The van der Waals surface area contributed by atoms with Gasteiger partial charge in [0, 0.05) is 13.3 Å². The van der Waals surface area contributed by atoms with E-state index in [4.69, 9.17) is 2.74 Å². The van der Waals surface area contributed by atoms with E-state index in [0.29, 0.717) is 11.1 Å². The Morgan fingerprint density at radius 2 is 1.75 bits per heavy atom. The molecule has 0 radical (unpaired) electrons. The highest BCUT2D eigenvalue weighted by molar-refractivity contribution is 7.98. The summed E-state index contributed by atoms with van der Waals surface area (Å²) in [5.74, 6) is 0. The predicted octanol–water partition coefficient (Wildman–Crippen LogP) is 3.37. The highest BCUT2D eigenvalue weighted by atomic mass is 32.2. The first-order valence-corrected chi connectivity index (χ1v) is 5.96. The molecule has 1 aliphatic heterocycles. The van der Waals surface area contributed by atoms with Crippen LogP contribution in [-0.2, 0) is 5.70 Å². The van der Waals surface area contributed by atoms with E-state index in [1.54, 1.807) is 18.2 Å². The summed E-state index contributed by atoms with van der Waals surface area (Å²) in [6.45, 7) is 0. The Morgan fingerprint density at radius 3 is 2.62 bits per heavy atom. The molecular weight excluding hydrogens is 216 g/mol. The van der Waals surface area contributed by atoms with Crippen LogP contribution in [0.2, 0.25) is 0 Å². The smallest absolute Gasteiger partial charge is 0.105 e. The summed E-state index contributed by atoms with van der Waals surface area (Å²) in [7, 11) is 0. The Bertz CT molecular complexity index is 598. The lowest BCUT2D eigenvalue weighted by Gasteiger charge is -2.13. The summed E-state index contributed by atoms with van der Waals surface area (Å²) in [6, 6.07) is 14.6. The van der Waals surface area contributed by atoms with Gasteiger partial charge in [0.2, 0.25) is 0 Å². The van der Waals surface area contributed by atoms with Crippen molar-refractivity contribution in [1.29, 1.82) is 0 Å². The molecule has 0 fully saturated rings. The number of fused-ring (bicyclic) bond motifs is 2. The second-order valence-electron chi connectivity index (χ2n) is 3.73. The molecule has 0 saturated heterocycles. The average molecular weight is 230 g/mol. The topological polar surface area (TPSA) is 20.2 Å². The van der Waals surface area contributed by atoms with Crippen LogP contribution < -0.4 is 0 Å². The van der Waals surface area contributed by atoms with Gasteiger partial charge in [-0.1, -0.05) is 42.5 Å². The number of benzene rings is 2. The zero-order chi connectivity index (χ0) is 12.8. The van der Waals surface area contributed by atoms with Crippen LogP contribution in [0, 0.1) is 0 Å². The third-order valence-electron chi connectivity index (χ3n) is 2.74. The maximum atomic E-state index is 10.4. The van der Waals surface area contributed by atoms with Gasteiger partial charge in [0.25, 0.3) is 0 Å². The molecule has 1 heterocycles. The summed E-state index contributed by atoms with van der Waals surface area (Å²) in [4.78, 5) is 0.797. The van der Waals surface area contributed by atoms with Crippen molar-refractivity contribution in [2.24, 2.45) is 0 Å². The van der Waals surface area contributed by atoms with E-state index in [1.807, 2.05) is 30.3 Å². The van der Waals surface area contributed by atoms with Crippen molar-refractivity contribution in [2.45, 2.75) is 16.7 Å². The molecule has 1 atom stereocenters. The first-order chi connectivity index (χ1) is 8.59. The Balaban J connectivity index is 2.28. The lowest BCUT2D eigenvalue weighted by Crippen LogP contribution is -2.01. The van der Waals surface area contributed by atoms with Crippen molar-refractivity contribution in [3.63, 3.8) is 0 Å². The molecular formula is C14H12OS. The van der Waals surface area contributed by atoms with Gasteiger partial charge in [-0.05, 0) is 22.8 Å². The van der Waals surface area contributed by atoms with Crippen LogP contribution in [0.5, 0.6) is 0 Å². The molecule has 0 amide bonds. The quantitative estimate of drug-likeness (QED) is 0.748. The zero-order valence-corrected chi connectivity index (χ0v) is 9.37. The van der Waals surface area contributed by atoms with Crippen molar-refractivity contribution in [1.82, 2.24) is 0 Å². The van der Waals surface area contributed by atoms with Crippen molar-refractivity contribution in [3.8, 4) is 0 Å². The van der Waals surface area contributed by atoms with Crippen LogP contribution in [0.4, 0.5) is 0 Å². The lowest BCUT2D eigenvalue weighted by molar-refractivity contribution is 0.217. The molecule has 2 heteroatoms. The molecule has 2 aromatic rings. The summed E-state index contributed by atoms with van der Waals surface area (Å²) >= 11 is 1.15. The Labute approximate surface area is 102 Å². The largest absolute Gasteiger partial charge is 0.384 e. The fourth-order valence-electron chi connectivity index (χ4n) is 1.91. The van der Waals surface area contributed by atoms with Crippen LogP contribution in [-0.4, -0.2) is 5.11 Å². The number of hydrogen-bond donors (Lipinski definition) is 1. The highest BCUT2D eigenvalue weighted by Gasteiger charge is 2.20. The Morgan fingerprint density at radius 1 is 1.06 bits per heavy atom. The number of thioether (sulfide) groups is 1. The summed E-state index contributed by atoms with van der Waals surface area (Å²) < 4.78 is 16.4. The molecule has 0 saturated carbocycles. The van der Waals surface area contributed by atoms with Gasteiger partial charge in [-0.15, -0.1) is 11.8 Å². The molecule has 1 nitrogen and oxygen atoms in total. The van der Waals surface area contributed by atoms with E-state index in [-0.39, 0.29) is 0 Å². The lowest BCUT2D eigenvalue weighted by atomic mass is 9.98. The number of rotatable bonds is 0. The Hall–Kier alpha value is -1.25. The van der Waals surface area contributed by atoms with E-state index >= 15 is 0 Å². The average Bonchev–Trinajstić information content (AvgIpc) is 2.45. The van der Waals surface area contributed by atoms with Gasteiger partial charge in [0.05, 0.1) is 0 Å². The van der Waals surface area contributed by atoms with Crippen LogP contribution in [0.3, 0.4) is 0 Å². The van der Waals surface area contributed by atoms with Crippen LogP contribution in [0.15, 0.2) is 53.4 Å². The molecule has 1 unspecified atom stereocenters. The first-order valence-electron chi connectivity index (χ1n) is 6.15. The van der Waals surface area contributed by atoms with E-state index < -0.39 is 11.8 Å². The highest BCUT2D eigenvalue weighted by Crippen LogP contribution is 2.38. The third kappa shape index (κ3) is 1.55. The predicted molar refractivity (Wildman–Crippen MR) is 66.5 cm³/mol. The molecule has 16 heavy (non-hydrogen) atoms. The van der Waals surface area contributed by atoms with Crippen LogP contribution >= 0.6 is 11.8 Å². The summed E-state index contributed by atoms with van der Waals surface area (Å²) in [6.07, 6.45) is -0.762. The number of aliphatic hydroxyl groups is 1. The second kappa shape index (κ2) is 3.96. The fraction of sp³-hybridized carbons (Fsp3) is 0.143. The second-order valence-corrected chi connectivity index (χ2v) is 4.58. The minimum absolute atomic E-state index is 0.554. The molecule has 2 aromatic carbocycles. The van der Waals surface area contributed by atoms with E-state index in [1.165, 1.54) is 0 Å². The molecule has 0 aromatic heterocycles. The minimum atomic E-state index is -1.52. The first kappa shape index (κ1) is 7.93. The SMILES string of the molecule is [2H]C1([2H])Sc2ccccc2C(O)c2ccccc21. The molecule has 0 bridgehead atoms. The molecule has 1 N–H and O–H groups in total. The molecule has 1 aliphatic rings. The van der Waals surface area contributed by atoms with Gasteiger partial charge in [-0.3, -0.25) is 0 Å². The maximum absolute atomic E-state index is 10.4. The fourth-order valence-corrected chi connectivity index (χ4v) is 2.76. The minimum Gasteiger partial charge on any atom is -0.384 e. The number of hydrogen-bond acceptors (Lipinski definition) is 2. The summed E-state index contributed by atoms with van der Waals surface area (Å²) in [5, 5.41) is 10.4. The van der Waals surface area contributed by atoms with Crippen molar-refractivity contribution in [2.75, 3.05) is 0 Å². The van der Waals surface area contributed by atoms with Gasteiger partial charge in [-0.25, -0.2) is 0 Å². The summed E-state index contributed by atoms with van der Waals surface area (Å²) in [5.41, 5.74) is 0.458.